The van der Waals surface area contributed by atoms with Gasteiger partial charge in [-0.1, -0.05) is 12.8 Å². The molecular formula is C21H25FN8O. The molecule has 0 radical (unpaired) electrons. The summed E-state index contributed by atoms with van der Waals surface area (Å²) in [6.45, 7) is 1.86. The number of hydrogen-bond acceptors (Lipinski definition) is 7. The van der Waals surface area contributed by atoms with Crippen molar-refractivity contribution in [3.8, 4) is 5.69 Å². The van der Waals surface area contributed by atoms with E-state index in [9.17, 15) is 9.18 Å². The van der Waals surface area contributed by atoms with Gasteiger partial charge in [0.05, 0.1) is 28.8 Å². The molecule has 162 valence electrons. The van der Waals surface area contributed by atoms with Crippen LogP contribution in [0.3, 0.4) is 0 Å². The van der Waals surface area contributed by atoms with Crippen molar-refractivity contribution in [3.05, 3.63) is 53.9 Å². The van der Waals surface area contributed by atoms with E-state index in [2.05, 4.69) is 25.7 Å². The molecule has 3 heterocycles. The van der Waals surface area contributed by atoms with Crippen LogP contribution >= 0.6 is 0 Å². The topological polar surface area (TPSA) is 137 Å². The van der Waals surface area contributed by atoms with Gasteiger partial charge in [-0.3, -0.25) is 9.78 Å². The highest BCUT2D eigenvalue weighted by Gasteiger charge is 2.24. The predicted octanol–water partition coefficient (Wildman–Crippen LogP) is 2.63. The van der Waals surface area contributed by atoms with Crippen molar-refractivity contribution in [2.75, 3.05) is 10.6 Å². The van der Waals surface area contributed by atoms with Crippen molar-refractivity contribution >= 4 is 23.2 Å². The molecule has 10 heteroatoms. The Hall–Kier alpha value is -3.53. The van der Waals surface area contributed by atoms with Crippen molar-refractivity contribution in [2.45, 2.75) is 44.7 Å². The van der Waals surface area contributed by atoms with Gasteiger partial charge in [0.25, 0.3) is 5.91 Å². The van der Waals surface area contributed by atoms with Crippen LogP contribution in [0.2, 0.25) is 0 Å². The maximum Gasteiger partial charge on any atom is 0.252 e. The van der Waals surface area contributed by atoms with E-state index < -0.39 is 11.7 Å². The van der Waals surface area contributed by atoms with Crippen LogP contribution in [0.1, 0.15) is 41.7 Å². The summed E-state index contributed by atoms with van der Waals surface area (Å²) in [5, 5.41) is 10.4. The first-order valence-corrected chi connectivity index (χ1v) is 10.2. The van der Waals surface area contributed by atoms with Crippen LogP contribution in [0.25, 0.3) is 5.69 Å². The van der Waals surface area contributed by atoms with Gasteiger partial charge in [-0.2, -0.15) is 5.10 Å². The quantitative estimate of drug-likeness (QED) is 0.477. The smallest absolute Gasteiger partial charge is 0.252 e. The summed E-state index contributed by atoms with van der Waals surface area (Å²) in [4.78, 5) is 20.6. The molecule has 2 atom stereocenters. The summed E-state index contributed by atoms with van der Waals surface area (Å²) in [6.07, 6.45) is 8.84. The van der Waals surface area contributed by atoms with Crippen LogP contribution in [-0.2, 0) is 0 Å². The Bertz CT molecular complexity index is 1090. The number of aryl methyl sites for hydroxylation is 1. The molecule has 3 aromatic rings. The molecule has 0 bridgehead atoms. The Balaban J connectivity index is 1.67. The van der Waals surface area contributed by atoms with Crippen LogP contribution in [0.5, 0.6) is 0 Å². The number of halogens is 1. The maximum atomic E-state index is 14.7. The predicted molar refractivity (Wildman–Crippen MR) is 116 cm³/mol. The SMILES string of the molecule is Cc1ncc(Nc2nc(N[C@@H]3CCCC[C@@H]3N)c(F)cc2C(N)=O)cc1-n1cccn1. The van der Waals surface area contributed by atoms with Crippen molar-refractivity contribution < 1.29 is 9.18 Å². The van der Waals surface area contributed by atoms with E-state index in [0.717, 1.165) is 43.1 Å². The molecule has 0 aliphatic heterocycles. The molecule has 9 nitrogen and oxygen atoms in total. The molecule has 0 saturated heterocycles. The second-order valence-corrected chi connectivity index (χ2v) is 7.68. The lowest BCUT2D eigenvalue weighted by Crippen LogP contribution is -2.43. The molecule has 0 unspecified atom stereocenters. The van der Waals surface area contributed by atoms with Crippen LogP contribution < -0.4 is 22.1 Å². The minimum Gasteiger partial charge on any atom is -0.365 e. The number of nitrogens with one attached hydrogen (secondary N) is 2. The first-order valence-electron chi connectivity index (χ1n) is 10.2. The third-order valence-electron chi connectivity index (χ3n) is 5.46. The van der Waals surface area contributed by atoms with Crippen molar-refractivity contribution in [1.29, 1.82) is 0 Å². The summed E-state index contributed by atoms with van der Waals surface area (Å²) in [5.74, 6) is -1.28. The van der Waals surface area contributed by atoms with E-state index >= 15 is 0 Å². The van der Waals surface area contributed by atoms with E-state index in [-0.39, 0.29) is 29.3 Å². The Labute approximate surface area is 179 Å². The number of carbonyl (C=O) groups excluding carboxylic acids is 1. The number of carbonyl (C=O) groups is 1. The second kappa shape index (κ2) is 8.68. The van der Waals surface area contributed by atoms with Gasteiger partial charge in [-0.25, -0.2) is 14.1 Å². The number of primary amides is 1. The number of nitrogens with zero attached hydrogens (tertiary/aromatic N) is 4. The summed E-state index contributed by atoms with van der Waals surface area (Å²) in [7, 11) is 0. The van der Waals surface area contributed by atoms with Crippen LogP contribution in [0, 0.1) is 12.7 Å². The third kappa shape index (κ3) is 4.48. The number of rotatable bonds is 6. The van der Waals surface area contributed by atoms with E-state index in [1.54, 1.807) is 29.3 Å². The maximum absolute atomic E-state index is 14.7. The highest BCUT2D eigenvalue weighted by molar-refractivity contribution is 5.98. The van der Waals surface area contributed by atoms with E-state index in [1.165, 1.54) is 0 Å². The lowest BCUT2D eigenvalue weighted by molar-refractivity contribution is 0.100. The molecule has 31 heavy (non-hydrogen) atoms. The zero-order chi connectivity index (χ0) is 22.0. The van der Waals surface area contributed by atoms with Gasteiger partial charge in [0.1, 0.15) is 5.82 Å². The first-order chi connectivity index (χ1) is 14.9. The fourth-order valence-electron chi connectivity index (χ4n) is 3.76. The zero-order valence-corrected chi connectivity index (χ0v) is 17.2. The van der Waals surface area contributed by atoms with Gasteiger partial charge in [-0.15, -0.1) is 0 Å². The molecule has 0 aromatic carbocycles. The first kappa shape index (κ1) is 20.7. The van der Waals surface area contributed by atoms with Crippen molar-refractivity contribution in [3.63, 3.8) is 0 Å². The van der Waals surface area contributed by atoms with Crippen LogP contribution in [-0.4, -0.2) is 37.7 Å². The molecule has 4 rings (SSSR count). The highest BCUT2D eigenvalue weighted by atomic mass is 19.1. The van der Waals surface area contributed by atoms with Gasteiger partial charge in [-0.05, 0) is 38.0 Å². The fraction of sp³-hybridized carbons (Fsp3) is 0.333. The summed E-state index contributed by atoms with van der Waals surface area (Å²) in [6, 6.07) is 4.54. The average molecular weight is 424 g/mol. The number of hydrogen-bond donors (Lipinski definition) is 4. The fourth-order valence-corrected chi connectivity index (χ4v) is 3.76. The molecule has 0 spiro atoms. The second-order valence-electron chi connectivity index (χ2n) is 7.68. The summed E-state index contributed by atoms with van der Waals surface area (Å²) < 4.78 is 16.4. The Kier molecular flexibility index (Phi) is 5.81. The minimum absolute atomic E-state index is 0.0298. The van der Waals surface area contributed by atoms with Gasteiger partial charge < -0.3 is 22.1 Å². The molecule has 1 amide bonds. The normalized spacial score (nSPS) is 18.5. The van der Waals surface area contributed by atoms with Gasteiger partial charge >= 0.3 is 0 Å². The van der Waals surface area contributed by atoms with E-state index in [0.29, 0.717) is 5.69 Å². The lowest BCUT2D eigenvalue weighted by atomic mass is 9.91. The lowest BCUT2D eigenvalue weighted by Gasteiger charge is -2.30. The minimum atomic E-state index is -0.790. The van der Waals surface area contributed by atoms with Crippen LogP contribution in [0.4, 0.5) is 21.7 Å². The third-order valence-corrected chi connectivity index (χ3v) is 5.46. The Morgan fingerprint density at radius 3 is 2.77 bits per heavy atom. The molecule has 1 fully saturated rings. The number of anilines is 3. The molecule has 1 saturated carbocycles. The molecule has 3 aromatic heterocycles. The number of nitrogens with two attached hydrogens (primary N) is 2. The van der Waals surface area contributed by atoms with E-state index in [4.69, 9.17) is 11.5 Å². The van der Waals surface area contributed by atoms with Gasteiger partial charge in [0.2, 0.25) is 0 Å². The Morgan fingerprint density at radius 2 is 2.06 bits per heavy atom. The van der Waals surface area contributed by atoms with E-state index in [1.807, 2.05) is 13.0 Å². The number of amides is 1. The van der Waals surface area contributed by atoms with Crippen LogP contribution in [0.15, 0.2) is 36.8 Å². The average Bonchev–Trinajstić information content (AvgIpc) is 3.27. The highest BCUT2D eigenvalue weighted by Crippen LogP contribution is 2.27. The zero-order valence-electron chi connectivity index (χ0n) is 17.2. The standard InChI is InChI=1S/C21H25FN8O/c1-12-18(30-8-4-7-26-30)9-13(11-25-12)27-20-14(19(24)31)10-15(22)21(29-20)28-17-6-3-2-5-16(17)23/h4,7-11,16-17H,2-3,5-6,23H2,1H3,(H2,24,31)(H2,27,28,29)/t16-,17+/m0/s1. The number of pyridine rings is 2. The monoisotopic (exact) mass is 424 g/mol. The largest absolute Gasteiger partial charge is 0.365 e. The summed E-state index contributed by atoms with van der Waals surface area (Å²) >= 11 is 0. The number of aromatic nitrogens is 4. The van der Waals surface area contributed by atoms with Gasteiger partial charge in [0, 0.05) is 24.5 Å². The Morgan fingerprint density at radius 1 is 1.26 bits per heavy atom. The summed E-state index contributed by atoms with van der Waals surface area (Å²) in [5.41, 5.74) is 13.7. The molecule has 6 N–H and O–H groups in total. The molecule has 1 aliphatic carbocycles. The molecule has 1 aliphatic rings. The van der Waals surface area contributed by atoms with Gasteiger partial charge in [0.15, 0.2) is 11.6 Å². The van der Waals surface area contributed by atoms with Crippen molar-refractivity contribution in [2.24, 2.45) is 11.5 Å². The van der Waals surface area contributed by atoms with Crippen molar-refractivity contribution in [1.82, 2.24) is 19.7 Å². The molecular weight excluding hydrogens is 399 g/mol.